The summed E-state index contributed by atoms with van der Waals surface area (Å²) in [6, 6.07) is 6.50. The van der Waals surface area contributed by atoms with E-state index >= 15 is 0 Å². The van der Waals surface area contributed by atoms with Crippen LogP contribution in [0.15, 0.2) is 33.6 Å². The molecule has 0 aromatic heterocycles. The molecule has 0 aliphatic carbocycles. The summed E-state index contributed by atoms with van der Waals surface area (Å²) in [6.07, 6.45) is 4.49. The van der Waals surface area contributed by atoms with Gasteiger partial charge in [0.25, 0.3) is 10.1 Å². The largest absolute Gasteiger partial charge is 0.372 e. The standard InChI is InChI=1S/C14H17BrO4S/c15-10-4-7-12(8-5-10)20(16,17)19-14-3-1-2-11-6-9-13(14)18-11/h4-5,7-8,11,13-14H,1-3,6,9H2/t11?,13?,14-/m0/s1. The molecule has 0 N–H and O–H groups in total. The van der Waals surface area contributed by atoms with Gasteiger partial charge >= 0.3 is 0 Å². The smallest absolute Gasteiger partial charge is 0.297 e. The minimum Gasteiger partial charge on any atom is -0.372 e. The number of halogens is 1. The van der Waals surface area contributed by atoms with E-state index < -0.39 is 10.1 Å². The molecule has 0 saturated carbocycles. The van der Waals surface area contributed by atoms with E-state index in [1.54, 1.807) is 24.3 Å². The summed E-state index contributed by atoms with van der Waals surface area (Å²) < 4.78 is 36.7. The van der Waals surface area contributed by atoms with Crippen LogP contribution in [0.1, 0.15) is 32.1 Å². The number of fused-ring (bicyclic) bond motifs is 2. The molecule has 2 heterocycles. The highest BCUT2D eigenvalue weighted by molar-refractivity contribution is 9.10. The summed E-state index contributed by atoms with van der Waals surface area (Å²) in [5, 5.41) is 0. The summed E-state index contributed by atoms with van der Waals surface area (Å²) in [7, 11) is -3.72. The van der Waals surface area contributed by atoms with Crippen molar-refractivity contribution in [3.63, 3.8) is 0 Å². The second-order valence-electron chi connectivity index (χ2n) is 5.35. The van der Waals surface area contributed by atoms with Gasteiger partial charge in [0.15, 0.2) is 0 Å². The molecule has 4 nitrogen and oxygen atoms in total. The van der Waals surface area contributed by atoms with E-state index in [1.165, 1.54) is 0 Å². The first-order valence-corrected chi connectivity index (χ1v) is 9.09. The van der Waals surface area contributed by atoms with E-state index in [0.29, 0.717) is 6.10 Å². The van der Waals surface area contributed by atoms with Crippen molar-refractivity contribution >= 4 is 26.0 Å². The third kappa shape index (κ3) is 3.08. The predicted octanol–water partition coefficient (Wildman–Crippen LogP) is 3.25. The third-order valence-corrected chi connectivity index (χ3v) is 5.80. The Morgan fingerprint density at radius 1 is 1.10 bits per heavy atom. The van der Waals surface area contributed by atoms with Crippen LogP contribution in [-0.2, 0) is 19.0 Å². The molecule has 0 radical (unpaired) electrons. The van der Waals surface area contributed by atoms with Gasteiger partial charge in [-0.05, 0) is 56.4 Å². The lowest BCUT2D eigenvalue weighted by Crippen LogP contribution is -2.30. The fourth-order valence-electron chi connectivity index (χ4n) is 2.88. The van der Waals surface area contributed by atoms with E-state index in [1.807, 2.05) is 0 Å². The van der Waals surface area contributed by atoms with Gasteiger partial charge in [-0.2, -0.15) is 8.42 Å². The van der Waals surface area contributed by atoms with Crippen molar-refractivity contribution < 1.29 is 17.3 Å². The first-order valence-electron chi connectivity index (χ1n) is 6.89. The van der Waals surface area contributed by atoms with E-state index in [4.69, 9.17) is 8.92 Å². The van der Waals surface area contributed by atoms with Crippen LogP contribution in [0.2, 0.25) is 0 Å². The van der Waals surface area contributed by atoms with Crippen LogP contribution < -0.4 is 0 Å². The zero-order valence-electron chi connectivity index (χ0n) is 11.0. The number of hydrogen-bond donors (Lipinski definition) is 0. The van der Waals surface area contributed by atoms with Gasteiger partial charge in [0, 0.05) is 4.47 Å². The van der Waals surface area contributed by atoms with E-state index in [2.05, 4.69) is 15.9 Å². The fourth-order valence-corrected chi connectivity index (χ4v) is 4.27. The van der Waals surface area contributed by atoms with Gasteiger partial charge in [0.1, 0.15) is 6.10 Å². The lowest BCUT2D eigenvalue weighted by Gasteiger charge is -2.21. The van der Waals surface area contributed by atoms with E-state index in [-0.39, 0.29) is 17.1 Å². The molecule has 3 rings (SSSR count). The summed E-state index contributed by atoms with van der Waals surface area (Å²) >= 11 is 3.29. The van der Waals surface area contributed by atoms with Crippen LogP contribution in [0.25, 0.3) is 0 Å². The molecule has 2 aliphatic heterocycles. The Labute approximate surface area is 127 Å². The maximum absolute atomic E-state index is 12.3. The van der Waals surface area contributed by atoms with Gasteiger partial charge in [-0.1, -0.05) is 15.9 Å². The number of ether oxygens (including phenoxy) is 1. The highest BCUT2D eigenvalue weighted by atomic mass is 79.9. The van der Waals surface area contributed by atoms with Crippen LogP contribution in [0.4, 0.5) is 0 Å². The van der Waals surface area contributed by atoms with Crippen LogP contribution >= 0.6 is 15.9 Å². The van der Waals surface area contributed by atoms with Crippen molar-refractivity contribution in [3.8, 4) is 0 Å². The molecule has 2 bridgehead atoms. The molecule has 1 aromatic rings. The third-order valence-electron chi connectivity index (χ3n) is 3.92. The minimum atomic E-state index is -3.72. The molecule has 0 spiro atoms. The quantitative estimate of drug-likeness (QED) is 0.776. The Morgan fingerprint density at radius 3 is 2.60 bits per heavy atom. The summed E-state index contributed by atoms with van der Waals surface area (Å²) in [5.41, 5.74) is 0. The Bertz CT molecular complexity index is 569. The highest BCUT2D eigenvalue weighted by Crippen LogP contribution is 2.34. The van der Waals surface area contributed by atoms with Gasteiger partial charge in [-0.3, -0.25) is 4.18 Å². The lowest BCUT2D eigenvalue weighted by atomic mass is 9.99. The van der Waals surface area contributed by atoms with Crippen LogP contribution in [0, 0.1) is 0 Å². The average molecular weight is 361 g/mol. The van der Waals surface area contributed by atoms with Crippen molar-refractivity contribution in [1.82, 2.24) is 0 Å². The SMILES string of the molecule is O=S(=O)(O[C@H]1CCCC2CCC1O2)c1ccc(Br)cc1. The van der Waals surface area contributed by atoms with Crippen molar-refractivity contribution in [2.45, 2.75) is 55.3 Å². The Balaban J connectivity index is 1.77. The van der Waals surface area contributed by atoms with Crippen molar-refractivity contribution in [2.75, 3.05) is 0 Å². The van der Waals surface area contributed by atoms with Crippen LogP contribution in [0.5, 0.6) is 0 Å². The molecule has 0 amide bonds. The number of hydrogen-bond acceptors (Lipinski definition) is 4. The first-order chi connectivity index (χ1) is 9.54. The average Bonchev–Trinajstić information content (AvgIpc) is 2.77. The summed E-state index contributed by atoms with van der Waals surface area (Å²) in [6.45, 7) is 0. The topological polar surface area (TPSA) is 52.6 Å². The molecule has 2 unspecified atom stereocenters. The predicted molar refractivity (Wildman–Crippen MR) is 77.9 cm³/mol. The molecule has 1 aromatic carbocycles. The molecule has 2 fully saturated rings. The van der Waals surface area contributed by atoms with E-state index in [9.17, 15) is 8.42 Å². The monoisotopic (exact) mass is 360 g/mol. The van der Waals surface area contributed by atoms with Gasteiger partial charge < -0.3 is 4.74 Å². The summed E-state index contributed by atoms with van der Waals surface area (Å²) in [4.78, 5) is 0.194. The molecular weight excluding hydrogens is 344 g/mol. The van der Waals surface area contributed by atoms with Gasteiger partial charge in [0.05, 0.1) is 17.1 Å². The Hall–Kier alpha value is -0.430. The molecule has 3 atom stereocenters. The second kappa shape index (κ2) is 5.75. The van der Waals surface area contributed by atoms with E-state index in [0.717, 1.165) is 36.6 Å². The molecular formula is C14H17BrO4S. The summed E-state index contributed by atoms with van der Waals surface area (Å²) in [5.74, 6) is 0. The maximum atomic E-state index is 12.3. The molecule has 2 saturated heterocycles. The maximum Gasteiger partial charge on any atom is 0.297 e. The minimum absolute atomic E-state index is 0.0762. The van der Waals surface area contributed by atoms with Gasteiger partial charge in [-0.15, -0.1) is 0 Å². The van der Waals surface area contributed by atoms with Gasteiger partial charge in [-0.25, -0.2) is 0 Å². The van der Waals surface area contributed by atoms with Crippen LogP contribution in [0.3, 0.4) is 0 Å². The van der Waals surface area contributed by atoms with Crippen molar-refractivity contribution in [3.05, 3.63) is 28.7 Å². The van der Waals surface area contributed by atoms with Crippen molar-refractivity contribution in [2.24, 2.45) is 0 Å². The normalized spacial score (nSPS) is 30.1. The van der Waals surface area contributed by atoms with Crippen LogP contribution in [-0.4, -0.2) is 26.7 Å². The molecule has 2 aliphatic rings. The van der Waals surface area contributed by atoms with Gasteiger partial charge in [0.2, 0.25) is 0 Å². The second-order valence-corrected chi connectivity index (χ2v) is 7.84. The fraction of sp³-hybridized carbons (Fsp3) is 0.571. The highest BCUT2D eigenvalue weighted by Gasteiger charge is 2.37. The lowest BCUT2D eigenvalue weighted by molar-refractivity contribution is -0.00783. The Kier molecular flexibility index (Phi) is 4.17. The molecule has 110 valence electrons. The van der Waals surface area contributed by atoms with Crippen molar-refractivity contribution in [1.29, 1.82) is 0 Å². The molecule has 6 heteroatoms. The molecule has 20 heavy (non-hydrogen) atoms. The Morgan fingerprint density at radius 2 is 1.85 bits per heavy atom. The zero-order valence-corrected chi connectivity index (χ0v) is 13.4. The first kappa shape index (κ1) is 14.5. The number of benzene rings is 1. The number of rotatable bonds is 3. The zero-order chi connectivity index (χ0) is 14.2.